The van der Waals surface area contributed by atoms with Crippen LogP contribution in [-0.2, 0) is 0 Å². The van der Waals surface area contributed by atoms with Crippen molar-refractivity contribution in [3.8, 4) is 0 Å². The number of likely N-dealkylation sites (tertiary alicyclic amines) is 1. The van der Waals surface area contributed by atoms with Crippen molar-refractivity contribution in [1.82, 2.24) is 10.2 Å². The van der Waals surface area contributed by atoms with Gasteiger partial charge in [-0.25, -0.2) is 0 Å². The predicted molar refractivity (Wildman–Crippen MR) is 80.2 cm³/mol. The van der Waals surface area contributed by atoms with E-state index >= 15 is 0 Å². The van der Waals surface area contributed by atoms with Crippen molar-refractivity contribution in [2.45, 2.75) is 45.2 Å². The second-order valence-electron chi connectivity index (χ2n) is 5.60. The first kappa shape index (κ1) is 14.0. The molecule has 1 aromatic heterocycles. The van der Waals surface area contributed by atoms with Crippen LogP contribution in [-0.4, -0.2) is 31.1 Å². The van der Waals surface area contributed by atoms with E-state index in [1.807, 2.05) is 11.3 Å². The van der Waals surface area contributed by atoms with Gasteiger partial charge in [0.25, 0.3) is 0 Å². The molecular weight excluding hydrogens is 240 g/mol. The van der Waals surface area contributed by atoms with Gasteiger partial charge in [-0.15, -0.1) is 11.3 Å². The van der Waals surface area contributed by atoms with Crippen molar-refractivity contribution in [1.29, 1.82) is 0 Å². The zero-order valence-electron chi connectivity index (χ0n) is 11.9. The fraction of sp³-hybridized carbons (Fsp3) is 0.733. The summed E-state index contributed by atoms with van der Waals surface area (Å²) in [6.07, 6.45) is 3.90. The smallest absolute Gasteiger partial charge is 0.0414 e. The molecule has 2 nitrogen and oxygen atoms in total. The highest BCUT2D eigenvalue weighted by atomic mass is 32.1. The number of piperidine rings is 1. The monoisotopic (exact) mass is 266 g/mol. The summed E-state index contributed by atoms with van der Waals surface area (Å²) in [6.45, 7) is 7.15. The van der Waals surface area contributed by atoms with Crippen LogP contribution in [0.2, 0.25) is 0 Å². The van der Waals surface area contributed by atoms with Crippen LogP contribution in [0.1, 0.15) is 44.0 Å². The number of rotatable bonds is 5. The topological polar surface area (TPSA) is 15.3 Å². The van der Waals surface area contributed by atoms with E-state index in [0.717, 1.165) is 5.92 Å². The summed E-state index contributed by atoms with van der Waals surface area (Å²) in [7, 11) is 2.25. The Morgan fingerprint density at radius 2 is 2.39 bits per heavy atom. The maximum Gasteiger partial charge on any atom is 0.0414 e. The quantitative estimate of drug-likeness (QED) is 0.877. The Morgan fingerprint density at radius 1 is 1.56 bits per heavy atom. The van der Waals surface area contributed by atoms with Crippen LogP contribution in [0.25, 0.3) is 0 Å². The van der Waals surface area contributed by atoms with Gasteiger partial charge in [0.05, 0.1) is 0 Å². The highest BCUT2D eigenvalue weighted by molar-refractivity contribution is 7.10. The van der Waals surface area contributed by atoms with Gasteiger partial charge in [-0.1, -0.05) is 13.0 Å². The Bertz CT molecular complexity index is 336. The number of hydrogen-bond acceptors (Lipinski definition) is 3. The lowest BCUT2D eigenvalue weighted by Gasteiger charge is -2.35. The van der Waals surface area contributed by atoms with Crippen LogP contribution in [0.4, 0.5) is 0 Å². The molecule has 1 saturated heterocycles. The average Bonchev–Trinajstić information content (AvgIpc) is 2.89. The minimum atomic E-state index is 0.534. The van der Waals surface area contributed by atoms with Crippen LogP contribution in [0.15, 0.2) is 17.5 Å². The van der Waals surface area contributed by atoms with Crippen molar-refractivity contribution in [3.63, 3.8) is 0 Å². The molecule has 1 N–H and O–H groups in total. The average molecular weight is 266 g/mol. The zero-order chi connectivity index (χ0) is 13.0. The van der Waals surface area contributed by atoms with Gasteiger partial charge in [0.2, 0.25) is 0 Å². The largest absolute Gasteiger partial charge is 0.306 e. The first-order valence-corrected chi connectivity index (χ1v) is 8.06. The summed E-state index contributed by atoms with van der Waals surface area (Å²) >= 11 is 1.87. The molecule has 0 saturated carbocycles. The molecule has 2 heterocycles. The summed E-state index contributed by atoms with van der Waals surface area (Å²) in [6, 6.07) is 5.56. The molecule has 102 valence electrons. The lowest BCUT2D eigenvalue weighted by Crippen LogP contribution is -2.44. The summed E-state index contributed by atoms with van der Waals surface area (Å²) in [5, 5.41) is 6.02. The number of thiophene rings is 1. The van der Waals surface area contributed by atoms with Crippen LogP contribution >= 0.6 is 11.3 Å². The van der Waals surface area contributed by atoms with Crippen LogP contribution in [0.3, 0.4) is 0 Å². The van der Waals surface area contributed by atoms with Gasteiger partial charge in [0, 0.05) is 23.5 Å². The van der Waals surface area contributed by atoms with Crippen molar-refractivity contribution >= 4 is 11.3 Å². The number of hydrogen-bond donors (Lipinski definition) is 1. The third kappa shape index (κ3) is 3.56. The second kappa shape index (κ2) is 6.69. The first-order chi connectivity index (χ1) is 8.70. The van der Waals surface area contributed by atoms with Crippen molar-refractivity contribution in [2.24, 2.45) is 5.92 Å². The molecule has 0 aromatic carbocycles. The maximum atomic E-state index is 3.84. The molecule has 3 unspecified atom stereocenters. The van der Waals surface area contributed by atoms with Gasteiger partial charge in [-0.2, -0.15) is 0 Å². The molecular formula is C15H26N2S. The molecule has 0 aliphatic carbocycles. The Labute approximate surface area is 115 Å². The van der Waals surface area contributed by atoms with Crippen molar-refractivity contribution in [3.05, 3.63) is 22.4 Å². The molecule has 3 atom stereocenters. The van der Waals surface area contributed by atoms with E-state index in [-0.39, 0.29) is 0 Å². The molecule has 0 bridgehead atoms. The zero-order valence-corrected chi connectivity index (χ0v) is 12.7. The fourth-order valence-corrected chi connectivity index (χ4v) is 3.83. The Morgan fingerprint density at radius 3 is 3.00 bits per heavy atom. The highest BCUT2D eigenvalue weighted by Gasteiger charge is 2.24. The van der Waals surface area contributed by atoms with Crippen LogP contribution in [0.5, 0.6) is 0 Å². The Kier molecular flexibility index (Phi) is 5.22. The summed E-state index contributed by atoms with van der Waals surface area (Å²) in [4.78, 5) is 3.95. The second-order valence-corrected chi connectivity index (χ2v) is 6.58. The molecule has 0 radical (unpaired) electrons. The van der Waals surface area contributed by atoms with E-state index in [0.29, 0.717) is 12.1 Å². The van der Waals surface area contributed by atoms with Gasteiger partial charge in [-0.3, -0.25) is 0 Å². The fourth-order valence-electron chi connectivity index (χ4n) is 2.96. The minimum Gasteiger partial charge on any atom is -0.306 e. The van der Waals surface area contributed by atoms with E-state index in [2.05, 4.69) is 48.6 Å². The predicted octanol–water partition coefficient (Wildman–Crippen LogP) is 3.52. The van der Waals surface area contributed by atoms with Crippen LogP contribution in [0, 0.1) is 5.92 Å². The molecule has 1 aliphatic rings. The third-order valence-electron chi connectivity index (χ3n) is 4.13. The lowest BCUT2D eigenvalue weighted by atomic mass is 9.91. The molecule has 1 fully saturated rings. The SMILES string of the molecule is CCC(NC(C)C1CCCN(C)C1)c1cccs1. The number of nitrogens with one attached hydrogen (secondary N) is 1. The van der Waals surface area contributed by atoms with Crippen LogP contribution < -0.4 is 5.32 Å². The van der Waals surface area contributed by atoms with Gasteiger partial charge < -0.3 is 10.2 Å². The molecule has 0 amide bonds. The number of nitrogens with zero attached hydrogens (tertiary/aromatic N) is 1. The summed E-state index contributed by atoms with van der Waals surface area (Å²) in [5.74, 6) is 0.803. The lowest BCUT2D eigenvalue weighted by molar-refractivity contribution is 0.172. The van der Waals surface area contributed by atoms with Crippen molar-refractivity contribution < 1.29 is 0 Å². The standard InChI is InChI=1S/C15H26N2S/c1-4-14(15-8-6-10-18-15)16-12(2)13-7-5-9-17(3)11-13/h6,8,10,12-14,16H,4-5,7,9,11H2,1-3H3. The first-order valence-electron chi connectivity index (χ1n) is 7.18. The molecule has 3 heteroatoms. The van der Waals surface area contributed by atoms with Gasteiger partial charge in [-0.05, 0) is 57.1 Å². The maximum absolute atomic E-state index is 3.84. The van der Waals surface area contributed by atoms with E-state index in [4.69, 9.17) is 0 Å². The van der Waals surface area contributed by atoms with Gasteiger partial charge >= 0.3 is 0 Å². The minimum absolute atomic E-state index is 0.534. The van der Waals surface area contributed by atoms with Gasteiger partial charge in [0.1, 0.15) is 0 Å². The van der Waals surface area contributed by atoms with E-state index in [1.54, 1.807) is 0 Å². The molecule has 0 spiro atoms. The molecule has 18 heavy (non-hydrogen) atoms. The van der Waals surface area contributed by atoms with Gasteiger partial charge in [0.15, 0.2) is 0 Å². The Hall–Kier alpha value is -0.380. The van der Waals surface area contributed by atoms with E-state index in [9.17, 15) is 0 Å². The van der Waals surface area contributed by atoms with E-state index < -0.39 is 0 Å². The van der Waals surface area contributed by atoms with E-state index in [1.165, 1.54) is 37.2 Å². The molecule has 2 rings (SSSR count). The Balaban J connectivity index is 1.90. The van der Waals surface area contributed by atoms with Crippen molar-refractivity contribution in [2.75, 3.05) is 20.1 Å². The highest BCUT2D eigenvalue weighted by Crippen LogP contribution is 2.25. The normalized spacial score (nSPS) is 24.9. The molecule has 1 aromatic rings. The summed E-state index contributed by atoms with van der Waals surface area (Å²) in [5.41, 5.74) is 0. The summed E-state index contributed by atoms with van der Waals surface area (Å²) < 4.78 is 0. The third-order valence-corrected chi connectivity index (χ3v) is 5.11. The molecule has 1 aliphatic heterocycles.